The van der Waals surface area contributed by atoms with E-state index in [4.69, 9.17) is 5.73 Å². The van der Waals surface area contributed by atoms with Gasteiger partial charge in [0.25, 0.3) is 0 Å². The van der Waals surface area contributed by atoms with Crippen molar-refractivity contribution in [3.63, 3.8) is 0 Å². The highest BCUT2D eigenvalue weighted by atomic mass is 32.1. The first-order chi connectivity index (χ1) is 9.72. The van der Waals surface area contributed by atoms with Gasteiger partial charge in [0, 0.05) is 17.5 Å². The third-order valence-corrected chi connectivity index (χ3v) is 5.34. The van der Waals surface area contributed by atoms with Crippen LogP contribution in [0.3, 0.4) is 0 Å². The first-order valence-electron chi connectivity index (χ1n) is 7.55. The van der Waals surface area contributed by atoms with Gasteiger partial charge in [-0.15, -0.1) is 11.3 Å². The van der Waals surface area contributed by atoms with Crippen LogP contribution in [0.25, 0.3) is 10.2 Å². The first-order valence-corrected chi connectivity index (χ1v) is 8.37. The normalized spacial score (nSPS) is 16.1. The van der Waals surface area contributed by atoms with Gasteiger partial charge in [0.1, 0.15) is 10.6 Å². The van der Waals surface area contributed by atoms with E-state index in [9.17, 15) is 0 Å². The number of thiophene rings is 1. The van der Waals surface area contributed by atoms with E-state index < -0.39 is 0 Å². The fourth-order valence-electron chi connectivity index (χ4n) is 3.16. The Morgan fingerprint density at radius 3 is 2.70 bits per heavy atom. The highest BCUT2D eigenvalue weighted by Crippen LogP contribution is 2.35. The van der Waals surface area contributed by atoms with E-state index in [1.54, 1.807) is 11.3 Å². The van der Waals surface area contributed by atoms with Gasteiger partial charge in [0.15, 0.2) is 0 Å². The topological polar surface area (TPSA) is 55.0 Å². The maximum absolute atomic E-state index is 5.92. The molecule has 0 atom stereocenters. The molecule has 1 aliphatic carbocycles. The van der Waals surface area contributed by atoms with E-state index in [2.05, 4.69) is 34.8 Å². The molecular weight excluding hydrogens is 268 g/mol. The number of nitrogens with zero attached hydrogens (tertiary/aromatic N) is 3. The van der Waals surface area contributed by atoms with E-state index in [1.807, 2.05) is 0 Å². The molecule has 0 bridgehead atoms. The standard InChI is InChI=1S/C15H22N4S/c1-3-11-9-12-13(17-15(16)18-14(12)20-11)19(4-2)10-7-5-6-8-10/h9-10H,3-8H2,1-2H3,(H2,16,17,18). The molecule has 0 saturated heterocycles. The molecule has 0 aromatic carbocycles. The smallest absolute Gasteiger partial charge is 0.223 e. The molecule has 2 aromatic heterocycles. The zero-order valence-electron chi connectivity index (χ0n) is 12.2. The number of hydrogen-bond donors (Lipinski definition) is 1. The fraction of sp³-hybridized carbons (Fsp3) is 0.600. The van der Waals surface area contributed by atoms with Crippen LogP contribution in [0.5, 0.6) is 0 Å². The van der Waals surface area contributed by atoms with Gasteiger partial charge in [-0.1, -0.05) is 19.8 Å². The zero-order chi connectivity index (χ0) is 14.1. The van der Waals surface area contributed by atoms with Gasteiger partial charge in [-0.3, -0.25) is 0 Å². The largest absolute Gasteiger partial charge is 0.368 e. The van der Waals surface area contributed by atoms with Gasteiger partial charge < -0.3 is 10.6 Å². The minimum Gasteiger partial charge on any atom is -0.368 e. The Labute approximate surface area is 124 Å². The van der Waals surface area contributed by atoms with Crippen LogP contribution < -0.4 is 10.6 Å². The summed E-state index contributed by atoms with van der Waals surface area (Å²) in [5.74, 6) is 1.44. The first kappa shape index (κ1) is 13.6. The predicted octanol–water partition coefficient (Wildman–Crippen LogP) is 3.60. The number of nitrogen functional groups attached to an aromatic ring is 1. The van der Waals surface area contributed by atoms with Crippen molar-refractivity contribution >= 4 is 33.3 Å². The average molecular weight is 290 g/mol. The summed E-state index contributed by atoms with van der Waals surface area (Å²) >= 11 is 1.74. The summed E-state index contributed by atoms with van der Waals surface area (Å²) in [6, 6.07) is 2.86. The molecule has 0 spiro atoms. The van der Waals surface area contributed by atoms with Crippen LogP contribution in [0.1, 0.15) is 44.4 Å². The van der Waals surface area contributed by atoms with Crippen LogP contribution in [0.4, 0.5) is 11.8 Å². The number of hydrogen-bond acceptors (Lipinski definition) is 5. The predicted molar refractivity (Wildman–Crippen MR) is 86.5 cm³/mol. The van der Waals surface area contributed by atoms with Crippen molar-refractivity contribution in [2.75, 3.05) is 17.2 Å². The van der Waals surface area contributed by atoms with Crippen LogP contribution in [0, 0.1) is 0 Å². The summed E-state index contributed by atoms with van der Waals surface area (Å²) in [6.45, 7) is 5.36. The Bertz CT molecular complexity index is 601. The third-order valence-electron chi connectivity index (χ3n) is 4.17. The average Bonchev–Trinajstić information content (AvgIpc) is 3.08. The number of nitrogens with two attached hydrogens (primary N) is 1. The third kappa shape index (κ3) is 2.35. The second-order valence-electron chi connectivity index (χ2n) is 5.41. The summed E-state index contributed by atoms with van der Waals surface area (Å²) in [5, 5.41) is 1.18. The molecule has 4 nitrogen and oxygen atoms in total. The van der Waals surface area contributed by atoms with Gasteiger partial charge in [0.2, 0.25) is 5.95 Å². The van der Waals surface area contributed by atoms with Crippen LogP contribution in [0.2, 0.25) is 0 Å². The van der Waals surface area contributed by atoms with Crippen molar-refractivity contribution in [1.82, 2.24) is 9.97 Å². The lowest BCUT2D eigenvalue weighted by Crippen LogP contribution is -2.34. The van der Waals surface area contributed by atoms with Gasteiger partial charge >= 0.3 is 0 Å². The number of aryl methyl sites for hydroxylation is 1. The molecule has 3 rings (SSSR count). The van der Waals surface area contributed by atoms with Crippen molar-refractivity contribution in [2.45, 2.75) is 52.0 Å². The van der Waals surface area contributed by atoms with Crippen molar-refractivity contribution in [2.24, 2.45) is 0 Å². The molecule has 0 amide bonds. The lowest BCUT2D eigenvalue weighted by molar-refractivity contribution is 0.615. The molecule has 1 saturated carbocycles. The number of aromatic nitrogens is 2. The van der Waals surface area contributed by atoms with Crippen LogP contribution in [0.15, 0.2) is 6.07 Å². The molecule has 2 N–H and O–H groups in total. The zero-order valence-corrected chi connectivity index (χ0v) is 13.0. The summed E-state index contributed by atoms with van der Waals surface area (Å²) in [6.07, 6.45) is 6.23. The molecule has 20 heavy (non-hydrogen) atoms. The summed E-state index contributed by atoms with van der Waals surface area (Å²) in [7, 11) is 0. The monoisotopic (exact) mass is 290 g/mol. The highest BCUT2D eigenvalue weighted by molar-refractivity contribution is 7.18. The second-order valence-corrected chi connectivity index (χ2v) is 6.53. The Balaban J connectivity index is 2.09. The SMILES string of the molecule is CCc1cc2c(N(CC)C3CCCC3)nc(N)nc2s1. The molecule has 108 valence electrons. The second kappa shape index (κ2) is 5.56. The lowest BCUT2D eigenvalue weighted by Gasteiger charge is -2.29. The molecule has 2 heterocycles. The molecular formula is C15H22N4S. The summed E-state index contributed by atoms with van der Waals surface area (Å²) < 4.78 is 0. The van der Waals surface area contributed by atoms with E-state index in [1.165, 1.54) is 35.9 Å². The van der Waals surface area contributed by atoms with Crippen molar-refractivity contribution in [3.05, 3.63) is 10.9 Å². The van der Waals surface area contributed by atoms with Crippen molar-refractivity contribution < 1.29 is 0 Å². The van der Waals surface area contributed by atoms with Crippen LogP contribution in [-0.4, -0.2) is 22.6 Å². The Morgan fingerprint density at radius 1 is 1.30 bits per heavy atom. The fourth-order valence-corrected chi connectivity index (χ4v) is 4.13. The maximum atomic E-state index is 5.92. The number of anilines is 2. The Kier molecular flexibility index (Phi) is 3.78. The van der Waals surface area contributed by atoms with Crippen molar-refractivity contribution in [1.29, 1.82) is 0 Å². The van der Waals surface area contributed by atoms with E-state index >= 15 is 0 Å². The summed E-state index contributed by atoms with van der Waals surface area (Å²) in [4.78, 5) is 13.8. The minimum absolute atomic E-state index is 0.397. The van der Waals surface area contributed by atoms with Crippen LogP contribution in [-0.2, 0) is 6.42 Å². The molecule has 0 unspecified atom stereocenters. The minimum atomic E-state index is 0.397. The molecule has 5 heteroatoms. The Morgan fingerprint density at radius 2 is 2.05 bits per heavy atom. The summed E-state index contributed by atoms with van der Waals surface area (Å²) in [5.41, 5.74) is 5.92. The Hall–Kier alpha value is -1.36. The highest BCUT2D eigenvalue weighted by Gasteiger charge is 2.25. The van der Waals surface area contributed by atoms with E-state index in [-0.39, 0.29) is 0 Å². The number of fused-ring (bicyclic) bond motifs is 1. The van der Waals surface area contributed by atoms with Gasteiger partial charge in [-0.05, 0) is 32.3 Å². The maximum Gasteiger partial charge on any atom is 0.223 e. The van der Waals surface area contributed by atoms with Crippen LogP contribution >= 0.6 is 11.3 Å². The van der Waals surface area contributed by atoms with Gasteiger partial charge in [0.05, 0.1) is 5.39 Å². The molecule has 1 aliphatic rings. The van der Waals surface area contributed by atoms with E-state index in [0.717, 1.165) is 23.6 Å². The molecule has 2 aromatic rings. The molecule has 0 aliphatic heterocycles. The molecule has 0 radical (unpaired) electrons. The number of rotatable bonds is 4. The van der Waals surface area contributed by atoms with Gasteiger partial charge in [-0.25, -0.2) is 4.98 Å². The lowest BCUT2D eigenvalue weighted by atomic mass is 10.2. The van der Waals surface area contributed by atoms with Gasteiger partial charge in [-0.2, -0.15) is 4.98 Å². The molecule has 1 fully saturated rings. The quantitative estimate of drug-likeness (QED) is 0.934. The van der Waals surface area contributed by atoms with Crippen molar-refractivity contribution in [3.8, 4) is 0 Å². The van der Waals surface area contributed by atoms with E-state index in [0.29, 0.717) is 12.0 Å².